The summed E-state index contributed by atoms with van der Waals surface area (Å²) in [5, 5.41) is 0. The third-order valence-electron chi connectivity index (χ3n) is 1.77. The first-order valence-corrected chi connectivity index (χ1v) is 3.92. The molecular formula is C8H17NO2. The van der Waals surface area contributed by atoms with E-state index in [0.717, 1.165) is 25.8 Å². The van der Waals surface area contributed by atoms with E-state index in [2.05, 4.69) is 6.92 Å². The van der Waals surface area contributed by atoms with E-state index in [1.165, 1.54) is 0 Å². The van der Waals surface area contributed by atoms with Gasteiger partial charge in [-0.05, 0) is 12.8 Å². The van der Waals surface area contributed by atoms with Gasteiger partial charge in [0, 0.05) is 20.7 Å². The van der Waals surface area contributed by atoms with E-state index in [1.807, 2.05) is 0 Å². The van der Waals surface area contributed by atoms with Crippen LogP contribution in [0.4, 0.5) is 0 Å². The lowest BCUT2D eigenvalue weighted by atomic mass is 10.2. The Morgan fingerprint density at radius 3 is 2.64 bits per heavy atom. The molecule has 1 atom stereocenters. The van der Waals surface area contributed by atoms with Gasteiger partial charge in [0.15, 0.2) is 0 Å². The van der Waals surface area contributed by atoms with E-state index in [1.54, 1.807) is 19.1 Å². The number of amides is 1. The molecule has 11 heavy (non-hydrogen) atoms. The zero-order chi connectivity index (χ0) is 8.69. The van der Waals surface area contributed by atoms with Crippen molar-refractivity contribution in [2.45, 2.75) is 25.9 Å². The molecule has 0 aliphatic carbocycles. The third kappa shape index (κ3) is 4.79. The predicted molar refractivity (Wildman–Crippen MR) is 44.4 cm³/mol. The Labute approximate surface area is 68.3 Å². The fourth-order valence-electron chi connectivity index (χ4n) is 0.889. The highest BCUT2D eigenvalue weighted by molar-refractivity contribution is 5.46. The van der Waals surface area contributed by atoms with E-state index in [0.29, 0.717) is 0 Å². The van der Waals surface area contributed by atoms with Gasteiger partial charge in [-0.3, -0.25) is 4.79 Å². The van der Waals surface area contributed by atoms with E-state index in [4.69, 9.17) is 4.74 Å². The summed E-state index contributed by atoms with van der Waals surface area (Å²) in [6.45, 7) is 2.85. The van der Waals surface area contributed by atoms with E-state index >= 15 is 0 Å². The van der Waals surface area contributed by atoms with Gasteiger partial charge in [-0.2, -0.15) is 0 Å². The van der Waals surface area contributed by atoms with E-state index < -0.39 is 0 Å². The van der Waals surface area contributed by atoms with Gasteiger partial charge in [0.05, 0.1) is 6.10 Å². The summed E-state index contributed by atoms with van der Waals surface area (Å²) in [5.41, 5.74) is 0. The van der Waals surface area contributed by atoms with Gasteiger partial charge in [-0.25, -0.2) is 0 Å². The van der Waals surface area contributed by atoms with Gasteiger partial charge in [0.25, 0.3) is 0 Å². The standard InChI is InChI=1S/C8H17NO2/c1-4-8(11-3)5-6-9(2)7-10/h7-8H,4-6H2,1-3H3. The fourth-order valence-corrected chi connectivity index (χ4v) is 0.889. The van der Waals surface area contributed by atoms with Crippen LogP contribution in [0.25, 0.3) is 0 Å². The average Bonchev–Trinajstić information content (AvgIpc) is 2.06. The number of nitrogens with zero attached hydrogens (tertiary/aromatic N) is 1. The lowest BCUT2D eigenvalue weighted by Crippen LogP contribution is -2.22. The molecule has 0 radical (unpaired) electrons. The van der Waals surface area contributed by atoms with E-state index in [-0.39, 0.29) is 6.10 Å². The molecule has 0 saturated carbocycles. The summed E-state index contributed by atoms with van der Waals surface area (Å²) in [7, 11) is 3.48. The quantitative estimate of drug-likeness (QED) is 0.539. The first-order chi connectivity index (χ1) is 5.24. The number of carbonyl (C=O) groups excluding carboxylic acids is 1. The SMILES string of the molecule is CCC(CCN(C)C=O)OC. The highest BCUT2D eigenvalue weighted by Gasteiger charge is 2.04. The molecule has 0 spiro atoms. The largest absolute Gasteiger partial charge is 0.381 e. The minimum absolute atomic E-state index is 0.289. The molecule has 0 aliphatic heterocycles. The van der Waals surface area contributed by atoms with Crippen LogP contribution in [0.15, 0.2) is 0 Å². The summed E-state index contributed by atoms with van der Waals surface area (Å²) < 4.78 is 5.15. The van der Waals surface area contributed by atoms with Crippen molar-refractivity contribution in [3.8, 4) is 0 Å². The Morgan fingerprint density at radius 2 is 2.27 bits per heavy atom. The maximum absolute atomic E-state index is 10.2. The molecule has 0 rings (SSSR count). The zero-order valence-electron chi connectivity index (χ0n) is 7.54. The second-order valence-electron chi connectivity index (χ2n) is 2.64. The Hall–Kier alpha value is -0.570. The first-order valence-electron chi connectivity index (χ1n) is 3.92. The van der Waals surface area contributed by atoms with Crippen LogP contribution >= 0.6 is 0 Å². The van der Waals surface area contributed by atoms with Gasteiger partial charge in [-0.1, -0.05) is 6.92 Å². The van der Waals surface area contributed by atoms with Gasteiger partial charge in [-0.15, -0.1) is 0 Å². The van der Waals surface area contributed by atoms with Crippen molar-refractivity contribution in [1.29, 1.82) is 0 Å². The van der Waals surface area contributed by atoms with Crippen LogP contribution < -0.4 is 0 Å². The molecule has 0 aliphatic rings. The normalized spacial score (nSPS) is 12.6. The van der Waals surface area contributed by atoms with Crippen molar-refractivity contribution in [2.75, 3.05) is 20.7 Å². The molecule has 0 N–H and O–H groups in total. The fraction of sp³-hybridized carbons (Fsp3) is 0.875. The van der Waals surface area contributed by atoms with E-state index in [9.17, 15) is 4.79 Å². The average molecular weight is 159 g/mol. The molecule has 1 unspecified atom stereocenters. The smallest absolute Gasteiger partial charge is 0.209 e. The molecule has 1 amide bonds. The zero-order valence-corrected chi connectivity index (χ0v) is 7.54. The second kappa shape index (κ2) is 6.16. The van der Waals surface area contributed by atoms with Crippen molar-refractivity contribution >= 4 is 6.41 Å². The number of rotatable bonds is 6. The molecule has 3 heteroatoms. The van der Waals surface area contributed by atoms with Crippen molar-refractivity contribution in [1.82, 2.24) is 4.90 Å². The highest BCUT2D eigenvalue weighted by atomic mass is 16.5. The molecule has 0 aromatic heterocycles. The lowest BCUT2D eigenvalue weighted by molar-refractivity contribution is -0.117. The first kappa shape index (κ1) is 10.4. The molecule has 0 bridgehead atoms. The molecular weight excluding hydrogens is 142 g/mol. The summed E-state index contributed by atoms with van der Waals surface area (Å²) in [5.74, 6) is 0. The lowest BCUT2D eigenvalue weighted by Gasteiger charge is -2.16. The van der Waals surface area contributed by atoms with Crippen molar-refractivity contribution in [3.63, 3.8) is 0 Å². The summed E-state index contributed by atoms with van der Waals surface area (Å²) in [6.07, 6.45) is 3.05. The Morgan fingerprint density at radius 1 is 1.64 bits per heavy atom. The maximum atomic E-state index is 10.2. The summed E-state index contributed by atoms with van der Waals surface area (Å²) in [4.78, 5) is 11.8. The highest BCUT2D eigenvalue weighted by Crippen LogP contribution is 2.01. The van der Waals surface area contributed by atoms with Crippen molar-refractivity contribution < 1.29 is 9.53 Å². The number of ether oxygens (including phenoxy) is 1. The molecule has 0 aromatic carbocycles. The Bertz CT molecular complexity index is 102. The minimum atomic E-state index is 0.289. The number of hydrogen-bond acceptors (Lipinski definition) is 2. The molecule has 0 fully saturated rings. The van der Waals surface area contributed by atoms with Gasteiger partial charge >= 0.3 is 0 Å². The number of carbonyl (C=O) groups is 1. The second-order valence-corrected chi connectivity index (χ2v) is 2.64. The van der Waals surface area contributed by atoms with Crippen LogP contribution in [0.5, 0.6) is 0 Å². The number of hydrogen-bond donors (Lipinski definition) is 0. The topological polar surface area (TPSA) is 29.5 Å². The summed E-state index contributed by atoms with van der Waals surface area (Å²) in [6, 6.07) is 0. The van der Waals surface area contributed by atoms with Crippen LogP contribution in [-0.2, 0) is 9.53 Å². The Kier molecular flexibility index (Phi) is 5.84. The molecule has 3 nitrogen and oxygen atoms in total. The van der Waals surface area contributed by atoms with Crippen LogP contribution in [0.2, 0.25) is 0 Å². The number of methoxy groups -OCH3 is 1. The van der Waals surface area contributed by atoms with Crippen LogP contribution in [-0.4, -0.2) is 38.1 Å². The molecule has 0 heterocycles. The molecule has 0 saturated heterocycles. The van der Waals surface area contributed by atoms with Gasteiger partial charge in [0.1, 0.15) is 0 Å². The van der Waals surface area contributed by atoms with Crippen molar-refractivity contribution in [2.24, 2.45) is 0 Å². The summed E-state index contributed by atoms with van der Waals surface area (Å²) >= 11 is 0. The Balaban J connectivity index is 3.41. The van der Waals surface area contributed by atoms with Gasteiger partial charge in [0.2, 0.25) is 6.41 Å². The maximum Gasteiger partial charge on any atom is 0.209 e. The van der Waals surface area contributed by atoms with Crippen molar-refractivity contribution in [3.05, 3.63) is 0 Å². The minimum Gasteiger partial charge on any atom is -0.381 e. The third-order valence-corrected chi connectivity index (χ3v) is 1.77. The molecule has 66 valence electrons. The monoisotopic (exact) mass is 159 g/mol. The van der Waals surface area contributed by atoms with Crippen LogP contribution in [0.3, 0.4) is 0 Å². The van der Waals surface area contributed by atoms with Crippen LogP contribution in [0.1, 0.15) is 19.8 Å². The predicted octanol–water partition coefficient (Wildman–Crippen LogP) is 0.890. The molecule has 0 aromatic rings. The van der Waals surface area contributed by atoms with Gasteiger partial charge < -0.3 is 9.64 Å². The van der Waals surface area contributed by atoms with Crippen LogP contribution in [0, 0.1) is 0 Å².